The van der Waals surface area contributed by atoms with Crippen LogP contribution in [0.1, 0.15) is 52.4 Å². The van der Waals surface area contributed by atoms with Crippen molar-refractivity contribution in [2.45, 2.75) is 58.4 Å². The first-order chi connectivity index (χ1) is 12.0. The van der Waals surface area contributed by atoms with Gasteiger partial charge in [0.2, 0.25) is 5.95 Å². The summed E-state index contributed by atoms with van der Waals surface area (Å²) in [5.41, 5.74) is 0. The average molecular weight is 382 g/mol. The summed E-state index contributed by atoms with van der Waals surface area (Å²) in [6.45, 7) is 6.57. The SMILES string of the molecule is CC1CC(C)CN(c2cc(Cl)nc(NC(=S)NC3CCCCC3)n2)C1. The van der Waals surface area contributed by atoms with Gasteiger partial charge in [0.15, 0.2) is 5.11 Å². The molecule has 1 saturated heterocycles. The Hall–Kier alpha value is -1.14. The molecule has 2 N–H and O–H groups in total. The number of hydrogen-bond donors (Lipinski definition) is 2. The highest BCUT2D eigenvalue weighted by atomic mass is 35.5. The second-order valence-electron chi connectivity index (χ2n) is 7.66. The summed E-state index contributed by atoms with van der Waals surface area (Å²) < 4.78 is 0. The normalized spacial score (nSPS) is 24.8. The zero-order chi connectivity index (χ0) is 17.8. The van der Waals surface area contributed by atoms with Gasteiger partial charge in [-0.25, -0.2) is 4.98 Å². The Labute approximate surface area is 160 Å². The second-order valence-corrected chi connectivity index (χ2v) is 8.45. The summed E-state index contributed by atoms with van der Waals surface area (Å²) in [7, 11) is 0. The summed E-state index contributed by atoms with van der Waals surface area (Å²) in [5, 5.41) is 7.53. The van der Waals surface area contributed by atoms with Crippen LogP contribution in [0.3, 0.4) is 0 Å². The van der Waals surface area contributed by atoms with Gasteiger partial charge in [0, 0.05) is 25.2 Å². The molecule has 0 radical (unpaired) electrons. The number of rotatable bonds is 3. The van der Waals surface area contributed by atoms with E-state index >= 15 is 0 Å². The quantitative estimate of drug-likeness (QED) is 0.603. The third kappa shape index (κ3) is 5.42. The number of nitrogens with zero attached hydrogens (tertiary/aromatic N) is 3. The molecule has 2 unspecified atom stereocenters. The summed E-state index contributed by atoms with van der Waals surface area (Å²) in [4.78, 5) is 11.2. The van der Waals surface area contributed by atoms with Gasteiger partial charge in [0.1, 0.15) is 11.0 Å². The van der Waals surface area contributed by atoms with Crippen molar-refractivity contribution in [1.82, 2.24) is 15.3 Å². The van der Waals surface area contributed by atoms with Crippen LogP contribution in [-0.4, -0.2) is 34.2 Å². The molecule has 1 aliphatic carbocycles. The Kier molecular flexibility index (Phi) is 6.34. The maximum Gasteiger partial charge on any atom is 0.232 e. The van der Waals surface area contributed by atoms with Crippen LogP contribution in [0.2, 0.25) is 5.15 Å². The largest absolute Gasteiger partial charge is 0.360 e. The van der Waals surface area contributed by atoms with Gasteiger partial charge < -0.3 is 15.5 Å². The fourth-order valence-corrected chi connectivity index (χ4v) is 4.48. The monoisotopic (exact) mass is 381 g/mol. The predicted molar refractivity (Wildman–Crippen MR) is 108 cm³/mol. The lowest BCUT2D eigenvalue weighted by Gasteiger charge is -2.35. The fraction of sp³-hybridized carbons (Fsp3) is 0.722. The van der Waals surface area contributed by atoms with Crippen LogP contribution < -0.4 is 15.5 Å². The highest BCUT2D eigenvalue weighted by molar-refractivity contribution is 7.80. The minimum atomic E-state index is 0.443. The molecule has 1 aromatic rings. The standard InChI is InChI=1S/C18H28ClN5S/c1-12-8-13(2)11-24(10-12)16-9-15(19)21-17(22-16)23-18(25)20-14-6-4-3-5-7-14/h9,12-14H,3-8,10-11H2,1-2H3,(H2,20,21,22,23,25). The predicted octanol–water partition coefficient (Wildman–Crippen LogP) is 4.23. The summed E-state index contributed by atoms with van der Waals surface area (Å²) in [6.07, 6.45) is 7.47. The second kappa shape index (κ2) is 8.49. The minimum absolute atomic E-state index is 0.443. The molecule has 2 heterocycles. The van der Waals surface area contributed by atoms with Gasteiger partial charge in [-0.3, -0.25) is 0 Å². The van der Waals surface area contributed by atoms with Gasteiger partial charge in [-0.15, -0.1) is 0 Å². The molecule has 138 valence electrons. The van der Waals surface area contributed by atoms with E-state index in [-0.39, 0.29) is 0 Å². The molecule has 1 aliphatic heterocycles. The maximum atomic E-state index is 6.24. The number of anilines is 2. The first-order valence-corrected chi connectivity index (χ1v) is 10.2. The van der Waals surface area contributed by atoms with Gasteiger partial charge in [-0.2, -0.15) is 4.98 Å². The number of halogens is 1. The van der Waals surface area contributed by atoms with E-state index in [0.29, 0.717) is 34.1 Å². The first kappa shape index (κ1) is 18.6. The smallest absolute Gasteiger partial charge is 0.232 e. The van der Waals surface area contributed by atoms with Crippen molar-refractivity contribution >= 4 is 40.7 Å². The van der Waals surface area contributed by atoms with E-state index in [9.17, 15) is 0 Å². The van der Waals surface area contributed by atoms with Crippen LogP contribution in [0.5, 0.6) is 0 Å². The lowest BCUT2D eigenvalue weighted by Crippen LogP contribution is -2.40. The van der Waals surface area contributed by atoms with Crippen molar-refractivity contribution in [3.63, 3.8) is 0 Å². The van der Waals surface area contributed by atoms with Crippen molar-refractivity contribution in [2.24, 2.45) is 11.8 Å². The molecule has 0 spiro atoms. The fourth-order valence-electron chi connectivity index (χ4n) is 4.04. The molecule has 2 aliphatic rings. The lowest BCUT2D eigenvalue weighted by molar-refractivity contribution is 0.355. The van der Waals surface area contributed by atoms with Crippen molar-refractivity contribution in [3.8, 4) is 0 Å². The van der Waals surface area contributed by atoms with E-state index < -0.39 is 0 Å². The molecule has 7 heteroatoms. The van der Waals surface area contributed by atoms with Crippen molar-refractivity contribution in [3.05, 3.63) is 11.2 Å². The number of nitrogens with one attached hydrogen (secondary N) is 2. The number of piperidine rings is 1. The lowest BCUT2D eigenvalue weighted by atomic mass is 9.92. The van der Waals surface area contributed by atoms with Gasteiger partial charge in [0.25, 0.3) is 0 Å². The average Bonchev–Trinajstić information content (AvgIpc) is 2.54. The van der Waals surface area contributed by atoms with E-state index in [2.05, 4.69) is 39.3 Å². The van der Waals surface area contributed by atoms with Crippen molar-refractivity contribution < 1.29 is 0 Å². The van der Waals surface area contributed by atoms with Gasteiger partial charge >= 0.3 is 0 Å². The Morgan fingerprint density at radius 1 is 1.16 bits per heavy atom. The molecule has 2 fully saturated rings. The van der Waals surface area contributed by atoms with E-state index in [4.69, 9.17) is 23.8 Å². The van der Waals surface area contributed by atoms with Crippen LogP contribution in [0.15, 0.2) is 6.07 Å². The van der Waals surface area contributed by atoms with Crippen LogP contribution in [0, 0.1) is 11.8 Å². The molecule has 3 rings (SSSR count). The molecular formula is C18H28ClN5S. The van der Waals surface area contributed by atoms with Gasteiger partial charge in [-0.05, 0) is 43.3 Å². The summed E-state index contributed by atoms with van der Waals surface area (Å²) in [6, 6.07) is 2.30. The highest BCUT2D eigenvalue weighted by Crippen LogP contribution is 2.27. The van der Waals surface area contributed by atoms with E-state index in [1.807, 2.05) is 6.07 Å². The Balaban J connectivity index is 1.65. The van der Waals surface area contributed by atoms with Crippen molar-refractivity contribution in [1.29, 1.82) is 0 Å². The Morgan fingerprint density at radius 2 is 1.84 bits per heavy atom. The van der Waals surface area contributed by atoms with Crippen LogP contribution in [0.4, 0.5) is 11.8 Å². The molecule has 0 aromatic carbocycles. The number of hydrogen-bond acceptors (Lipinski definition) is 4. The van der Waals surface area contributed by atoms with Gasteiger partial charge in [-0.1, -0.05) is 44.7 Å². The van der Waals surface area contributed by atoms with Crippen LogP contribution in [0.25, 0.3) is 0 Å². The van der Waals surface area contributed by atoms with E-state index in [1.165, 1.54) is 38.5 Å². The summed E-state index contributed by atoms with van der Waals surface area (Å²) in [5.74, 6) is 2.66. The topological polar surface area (TPSA) is 53.1 Å². The zero-order valence-electron chi connectivity index (χ0n) is 15.1. The molecular weight excluding hydrogens is 354 g/mol. The highest BCUT2D eigenvalue weighted by Gasteiger charge is 2.23. The molecule has 0 amide bonds. The minimum Gasteiger partial charge on any atom is -0.360 e. The maximum absolute atomic E-state index is 6.24. The molecule has 5 nitrogen and oxygen atoms in total. The molecule has 0 bridgehead atoms. The number of aromatic nitrogens is 2. The van der Waals surface area contributed by atoms with Gasteiger partial charge in [0.05, 0.1) is 0 Å². The molecule has 1 aromatic heterocycles. The van der Waals surface area contributed by atoms with Crippen LogP contribution >= 0.6 is 23.8 Å². The molecule has 25 heavy (non-hydrogen) atoms. The Morgan fingerprint density at radius 3 is 2.52 bits per heavy atom. The van der Waals surface area contributed by atoms with Crippen molar-refractivity contribution in [2.75, 3.05) is 23.3 Å². The summed E-state index contributed by atoms with van der Waals surface area (Å²) >= 11 is 11.7. The first-order valence-electron chi connectivity index (χ1n) is 9.36. The van der Waals surface area contributed by atoms with Crippen LogP contribution in [-0.2, 0) is 0 Å². The molecule has 1 saturated carbocycles. The van der Waals surface area contributed by atoms with E-state index in [1.54, 1.807) is 0 Å². The third-order valence-corrected chi connectivity index (χ3v) is 5.45. The zero-order valence-corrected chi connectivity index (χ0v) is 16.7. The number of thiocarbonyl (C=S) groups is 1. The Bertz CT molecular complexity index is 595. The third-order valence-electron chi connectivity index (χ3n) is 5.04. The van der Waals surface area contributed by atoms with E-state index in [0.717, 1.165) is 18.9 Å². The molecule has 2 atom stereocenters.